The van der Waals surface area contributed by atoms with Crippen LogP contribution in [0.25, 0.3) is 0 Å². The van der Waals surface area contributed by atoms with E-state index in [1.54, 1.807) is 0 Å². The average molecular weight is 543 g/mol. The van der Waals surface area contributed by atoms with Gasteiger partial charge in [0.15, 0.2) is 6.17 Å². The minimum atomic E-state index is -1.34. The van der Waals surface area contributed by atoms with E-state index < -0.39 is 48.2 Å². The van der Waals surface area contributed by atoms with Gasteiger partial charge in [-0.1, -0.05) is 43.9 Å². The molecule has 4 amide bonds. The molecule has 3 N–H and O–H groups in total. The average Bonchev–Trinajstić information content (AvgIpc) is 3.57. The monoisotopic (exact) mass is 542 g/mol. The smallest absolute Gasteiger partial charge is 0.323 e. The lowest BCUT2D eigenvalue weighted by molar-refractivity contribution is -0.142. The molecule has 1 aliphatic heterocycles. The normalized spacial score (nSPS) is 18.2. The molecule has 39 heavy (non-hydrogen) atoms. The van der Waals surface area contributed by atoms with Gasteiger partial charge in [0.2, 0.25) is 5.91 Å². The number of carbonyl (C=O) groups is 4. The summed E-state index contributed by atoms with van der Waals surface area (Å²) in [5, 5.41) is 14.6. The van der Waals surface area contributed by atoms with Crippen LogP contribution in [0, 0.1) is 17.6 Å². The summed E-state index contributed by atoms with van der Waals surface area (Å²) in [6.45, 7) is 0.160. The van der Waals surface area contributed by atoms with Gasteiger partial charge >= 0.3 is 12.0 Å². The minimum Gasteiger partial charge on any atom is -0.481 e. The number of rotatable bonds is 9. The summed E-state index contributed by atoms with van der Waals surface area (Å²) in [7, 11) is 0. The molecule has 9 nitrogen and oxygen atoms in total. The van der Waals surface area contributed by atoms with Crippen LogP contribution in [0.4, 0.5) is 19.3 Å². The first kappa shape index (κ1) is 28.0. The largest absolute Gasteiger partial charge is 0.481 e. The van der Waals surface area contributed by atoms with Crippen LogP contribution >= 0.6 is 0 Å². The predicted molar refractivity (Wildman–Crippen MR) is 138 cm³/mol. The van der Waals surface area contributed by atoms with Crippen LogP contribution in [0.2, 0.25) is 0 Å². The number of benzene rings is 2. The van der Waals surface area contributed by atoms with Crippen molar-refractivity contribution >= 4 is 29.5 Å². The molecule has 2 aliphatic rings. The molecule has 0 bridgehead atoms. The van der Waals surface area contributed by atoms with Gasteiger partial charge in [-0.05, 0) is 48.2 Å². The summed E-state index contributed by atoms with van der Waals surface area (Å²) >= 11 is 0. The maximum absolute atomic E-state index is 13.7. The summed E-state index contributed by atoms with van der Waals surface area (Å²) in [4.78, 5) is 54.1. The van der Waals surface area contributed by atoms with Crippen molar-refractivity contribution in [1.29, 1.82) is 0 Å². The standard InChI is InChI=1S/C28H32F2N4O5/c29-20-11-9-19(10-12-20)23(17-25(36)37)32-26(38)27-33(24(35)13-8-18-4-1-2-5-18)14-15-34(27)28(39)31-22-7-3-6-21(30)16-22/h3,6-7,9-12,16,18,23,27H,1-2,4-5,8,13-15,17H2,(H,31,39)(H,32,38)(H,36,37). The number of hydrogen-bond donors (Lipinski definition) is 3. The van der Waals surface area contributed by atoms with E-state index in [-0.39, 0.29) is 31.1 Å². The van der Waals surface area contributed by atoms with Gasteiger partial charge in [0.25, 0.3) is 5.91 Å². The molecular formula is C28H32F2N4O5. The zero-order chi connectivity index (χ0) is 27.9. The highest BCUT2D eigenvalue weighted by Gasteiger charge is 2.43. The fraction of sp³-hybridized carbons (Fsp3) is 0.429. The zero-order valence-electron chi connectivity index (χ0n) is 21.4. The summed E-state index contributed by atoms with van der Waals surface area (Å²) in [6, 6.07) is 8.60. The highest BCUT2D eigenvalue weighted by molar-refractivity contribution is 5.96. The van der Waals surface area contributed by atoms with Crippen molar-refractivity contribution in [2.24, 2.45) is 5.92 Å². The van der Waals surface area contributed by atoms with E-state index in [0.717, 1.165) is 43.9 Å². The molecule has 0 radical (unpaired) electrons. The number of nitrogens with one attached hydrogen (secondary N) is 2. The van der Waals surface area contributed by atoms with Crippen LogP contribution in [-0.2, 0) is 14.4 Å². The Morgan fingerprint density at radius 1 is 0.949 bits per heavy atom. The second-order valence-electron chi connectivity index (χ2n) is 9.99. The Kier molecular flexibility index (Phi) is 9.11. The van der Waals surface area contributed by atoms with Crippen molar-refractivity contribution < 1.29 is 33.1 Å². The maximum Gasteiger partial charge on any atom is 0.323 e. The summed E-state index contributed by atoms with van der Waals surface area (Å²) in [5.41, 5.74) is 0.542. The van der Waals surface area contributed by atoms with Crippen molar-refractivity contribution in [1.82, 2.24) is 15.1 Å². The second kappa shape index (κ2) is 12.7. The zero-order valence-corrected chi connectivity index (χ0v) is 21.4. The molecule has 4 rings (SSSR count). The summed E-state index contributed by atoms with van der Waals surface area (Å²) in [5.74, 6) is -2.83. The number of nitrogens with zero attached hydrogens (tertiary/aromatic N) is 2. The van der Waals surface area contributed by atoms with E-state index in [1.807, 2.05) is 0 Å². The Bertz CT molecular complexity index is 1200. The molecule has 2 aromatic rings. The molecule has 2 aromatic carbocycles. The highest BCUT2D eigenvalue weighted by atomic mass is 19.1. The number of carboxylic acids is 1. The van der Waals surface area contributed by atoms with Gasteiger partial charge in [-0.15, -0.1) is 0 Å². The molecule has 2 unspecified atom stereocenters. The van der Waals surface area contributed by atoms with Gasteiger partial charge in [0.1, 0.15) is 11.6 Å². The molecule has 1 saturated carbocycles. The lowest BCUT2D eigenvalue weighted by Gasteiger charge is -2.31. The van der Waals surface area contributed by atoms with Crippen molar-refractivity contribution in [3.63, 3.8) is 0 Å². The van der Waals surface area contributed by atoms with Crippen LogP contribution in [0.3, 0.4) is 0 Å². The third kappa shape index (κ3) is 7.30. The Hall–Kier alpha value is -4.02. The van der Waals surface area contributed by atoms with Gasteiger partial charge in [-0.3, -0.25) is 19.3 Å². The number of amides is 4. The SMILES string of the molecule is O=C(O)CC(NC(=O)C1N(C(=O)CCC2CCCC2)CCN1C(=O)Nc1cccc(F)c1)c1ccc(F)cc1. The molecule has 2 fully saturated rings. The van der Waals surface area contributed by atoms with Crippen LogP contribution in [0.5, 0.6) is 0 Å². The Balaban J connectivity index is 1.55. The molecule has 0 aromatic heterocycles. The number of aliphatic carboxylic acids is 1. The number of anilines is 1. The summed E-state index contributed by atoms with van der Waals surface area (Å²) < 4.78 is 27.1. The molecule has 2 atom stereocenters. The fourth-order valence-corrected chi connectivity index (χ4v) is 5.29. The van der Waals surface area contributed by atoms with Gasteiger partial charge in [0.05, 0.1) is 12.5 Å². The Morgan fingerprint density at radius 2 is 1.64 bits per heavy atom. The van der Waals surface area contributed by atoms with E-state index in [9.17, 15) is 33.1 Å². The number of urea groups is 1. The Labute approximate surface area is 225 Å². The van der Waals surface area contributed by atoms with Crippen LogP contribution in [0.15, 0.2) is 48.5 Å². The molecule has 208 valence electrons. The molecule has 1 heterocycles. The highest BCUT2D eigenvalue weighted by Crippen LogP contribution is 2.30. The molecule has 1 aliphatic carbocycles. The Morgan fingerprint density at radius 3 is 2.31 bits per heavy atom. The van der Waals surface area contributed by atoms with Crippen LogP contribution in [0.1, 0.15) is 56.6 Å². The van der Waals surface area contributed by atoms with E-state index in [0.29, 0.717) is 17.9 Å². The first-order valence-corrected chi connectivity index (χ1v) is 13.1. The van der Waals surface area contributed by atoms with Gasteiger partial charge < -0.3 is 20.6 Å². The molecular weight excluding hydrogens is 510 g/mol. The van der Waals surface area contributed by atoms with E-state index >= 15 is 0 Å². The van der Waals surface area contributed by atoms with Crippen LogP contribution in [-0.4, -0.2) is 58.0 Å². The quantitative estimate of drug-likeness (QED) is 0.437. The van der Waals surface area contributed by atoms with Crippen molar-refractivity contribution in [2.75, 3.05) is 18.4 Å². The van der Waals surface area contributed by atoms with E-state index in [2.05, 4.69) is 10.6 Å². The number of carboxylic acid groups (broad SMARTS) is 1. The molecule has 11 heteroatoms. The third-order valence-corrected chi connectivity index (χ3v) is 7.27. The minimum absolute atomic E-state index is 0.0501. The first-order valence-electron chi connectivity index (χ1n) is 13.1. The number of halogens is 2. The summed E-state index contributed by atoms with van der Waals surface area (Å²) in [6.07, 6.45) is 3.48. The van der Waals surface area contributed by atoms with E-state index in [4.69, 9.17) is 0 Å². The van der Waals surface area contributed by atoms with Gasteiger partial charge in [-0.2, -0.15) is 0 Å². The lowest BCUT2D eigenvalue weighted by Crippen LogP contribution is -2.55. The lowest BCUT2D eigenvalue weighted by atomic mass is 10.0. The maximum atomic E-state index is 13.7. The second-order valence-corrected chi connectivity index (χ2v) is 9.99. The fourth-order valence-electron chi connectivity index (χ4n) is 5.29. The van der Waals surface area contributed by atoms with Crippen LogP contribution < -0.4 is 10.6 Å². The number of carbonyl (C=O) groups excluding carboxylic acids is 3. The topological polar surface area (TPSA) is 119 Å². The third-order valence-electron chi connectivity index (χ3n) is 7.27. The van der Waals surface area contributed by atoms with Gasteiger partial charge in [0, 0.05) is 25.2 Å². The van der Waals surface area contributed by atoms with Crippen molar-refractivity contribution in [2.45, 2.75) is 57.2 Å². The first-order chi connectivity index (χ1) is 18.7. The van der Waals surface area contributed by atoms with Crippen molar-refractivity contribution in [3.8, 4) is 0 Å². The van der Waals surface area contributed by atoms with Crippen molar-refractivity contribution in [3.05, 3.63) is 65.7 Å². The van der Waals surface area contributed by atoms with E-state index in [1.165, 1.54) is 40.1 Å². The molecule has 1 saturated heterocycles. The number of hydrogen-bond acceptors (Lipinski definition) is 4. The molecule has 0 spiro atoms. The predicted octanol–water partition coefficient (Wildman–Crippen LogP) is 4.27. The van der Waals surface area contributed by atoms with Gasteiger partial charge in [-0.25, -0.2) is 13.6 Å².